The first kappa shape index (κ1) is 20.5. The number of benzene rings is 2. The number of anilines is 2. The lowest BCUT2D eigenvalue weighted by Gasteiger charge is -2.37. The van der Waals surface area contributed by atoms with E-state index in [9.17, 15) is 9.59 Å². The number of nitrogens with zero attached hydrogens (tertiary/aromatic N) is 3. The van der Waals surface area contributed by atoms with Gasteiger partial charge < -0.3 is 19.4 Å². The molecule has 4 rings (SSSR count). The lowest BCUT2D eigenvalue weighted by Crippen LogP contribution is -2.50. The second kappa shape index (κ2) is 8.56. The Labute approximate surface area is 182 Å². The van der Waals surface area contributed by atoms with Crippen molar-refractivity contribution in [3.63, 3.8) is 0 Å². The van der Waals surface area contributed by atoms with Gasteiger partial charge in [-0.1, -0.05) is 17.7 Å². The van der Waals surface area contributed by atoms with Crippen molar-refractivity contribution < 1.29 is 14.3 Å². The third-order valence-electron chi connectivity index (χ3n) is 5.96. The third-order valence-corrected chi connectivity index (χ3v) is 6.20. The van der Waals surface area contributed by atoms with Crippen molar-refractivity contribution >= 4 is 34.8 Å². The van der Waals surface area contributed by atoms with Gasteiger partial charge in [-0.25, -0.2) is 0 Å². The van der Waals surface area contributed by atoms with E-state index in [4.69, 9.17) is 16.3 Å². The van der Waals surface area contributed by atoms with E-state index in [0.29, 0.717) is 19.6 Å². The van der Waals surface area contributed by atoms with Crippen LogP contribution >= 0.6 is 11.6 Å². The molecule has 2 amide bonds. The topological polar surface area (TPSA) is 53.1 Å². The van der Waals surface area contributed by atoms with E-state index in [2.05, 4.69) is 11.8 Å². The van der Waals surface area contributed by atoms with Gasteiger partial charge in [0.1, 0.15) is 5.75 Å². The summed E-state index contributed by atoms with van der Waals surface area (Å²) in [6, 6.07) is 13.3. The minimum absolute atomic E-state index is 0.00768. The van der Waals surface area contributed by atoms with E-state index in [1.54, 1.807) is 12.0 Å². The minimum Gasteiger partial charge on any atom is -0.497 e. The number of piperazine rings is 1. The number of halogens is 1. The normalized spacial score (nSPS) is 19.4. The molecule has 2 heterocycles. The zero-order valence-electron chi connectivity index (χ0n) is 17.3. The average molecular weight is 428 g/mol. The Hall–Kier alpha value is -2.73. The summed E-state index contributed by atoms with van der Waals surface area (Å²) >= 11 is 6.16. The van der Waals surface area contributed by atoms with Crippen LogP contribution in [0.1, 0.15) is 12.0 Å². The van der Waals surface area contributed by atoms with Crippen LogP contribution in [-0.2, 0) is 9.59 Å². The summed E-state index contributed by atoms with van der Waals surface area (Å²) in [6.45, 7) is 5.32. The standard InChI is InChI=1S/C23H26ClN3O3/c1-16-3-4-18(24)14-21(16)25-9-11-26(12-10-25)23(29)17-13-22(28)27(15-17)19-5-7-20(30-2)8-6-19/h3-8,14,17H,9-13,15H2,1-2H3. The van der Waals surface area contributed by atoms with Crippen LogP contribution in [0.2, 0.25) is 5.02 Å². The van der Waals surface area contributed by atoms with Crippen LogP contribution in [0.15, 0.2) is 42.5 Å². The number of amides is 2. The molecule has 2 aromatic rings. The fraction of sp³-hybridized carbons (Fsp3) is 0.391. The largest absolute Gasteiger partial charge is 0.497 e. The molecule has 0 aliphatic carbocycles. The van der Waals surface area contributed by atoms with Gasteiger partial charge in [0.2, 0.25) is 11.8 Å². The quantitative estimate of drug-likeness (QED) is 0.750. The van der Waals surface area contributed by atoms with E-state index in [-0.39, 0.29) is 24.2 Å². The summed E-state index contributed by atoms with van der Waals surface area (Å²) in [5, 5.41) is 0.720. The van der Waals surface area contributed by atoms with Gasteiger partial charge in [0.05, 0.1) is 13.0 Å². The molecule has 1 unspecified atom stereocenters. The van der Waals surface area contributed by atoms with Gasteiger partial charge in [-0.15, -0.1) is 0 Å². The highest BCUT2D eigenvalue weighted by Gasteiger charge is 2.38. The lowest BCUT2D eigenvalue weighted by atomic mass is 10.1. The summed E-state index contributed by atoms with van der Waals surface area (Å²) in [5.41, 5.74) is 3.10. The van der Waals surface area contributed by atoms with Crippen LogP contribution < -0.4 is 14.5 Å². The Morgan fingerprint density at radius 3 is 2.43 bits per heavy atom. The number of ether oxygens (including phenoxy) is 1. The van der Waals surface area contributed by atoms with Gasteiger partial charge in [0.15, 0.2) is 0 Å². The Balaban J connectivity index is 1.37. The molecular weight excluding hydrogens is 402 g/mol. The number of carbonyl (C=O) groups is 2. The Morgan fingerprint density at radius 1 is 1.07 bits per heavy atom. The Bertz CT molecular complexity index is 939. The monoisotopic (exact) mass is 427 g/mol. The van der Waals surface area contributed by atoms with E-state index in [0.717, 1.165) is 35.2 Å². The molecule has 2 aliphatic rings. The van der Waals surface area contributed by atoms with Gasteiger partial charge in [-0.2, -0.15) is 0 Å². The molecule has 30 heavy (non-hydrogen) atoms. The molecule has 6 nitrogen and oxygen atoms in total. The van der Waals surface area contributed by atoms with Crippen LogP contribution in [0.25, 0.3) is 0 Å². The van der Waals surface area contributed by atoms with Crippen LogP contribution in [0.5, 0.6) is 5.75 Å². The molecule has 0 saturated carbocycles. The summed E-state index contributed by atoms with van der Waals surface area (Å²) in [4.78, 5) is 31.5. The van der Waals surface area contributed by atoms with Crippen LogP contribution in [0, 0.1) is 12.8 Å². The van der Waals surface area contributed by atoms with Crippen molar-refractivity contribution in [1.82, 2.24) is 4.90 Å². The molecule has 2 aliphatic heterocycles. The molecule has 7 heteroatoms. The lowest BCUT2D eigenvalue weighted by molar-refractivity contribution is -0.136. The highest BCUT2D eigenvalue weighted by molar-refractivity contribution is 6.30. The zero-order chi connectivity index (χ0) is 21.3. The van der Waals surface area contributed by atoms with Crippen molar-refractivity contribution in [1.29, 1.82) is 0 Å². The summed E-state index contributed by atoms with van der Waals surface area (Å²) in [5.74, 6) is 0.512. The number of methoxy groups -OCH3 is 1. The number of carbonyl (C=O) groups excluding carboxylic acids is 2. The summed E-state index contributed by atoms with van der Waals surface area (Å²) < 4.78 is 5.18. The summed E-state index contributed by atoms with van der Waals surface area (Å²) in [7, 11) is 1.61. The predicted octanol–water partition coefficient (Wildman–Crippen LogP) is 3.36. The van der Waals surface area contributed by atoms with Crippen molar-refractivity contribution in [2.24, 2.45) is 5.92 Å². The fourth-order valence-corrected chi connectivity index (χ4v) is 4.40. The number of hydrogen-bond acceptors (Lipinski definition) is 4. The molecule has 2 fully saturated rings. The van der Waals surface area contributed by atoms with Gasteiger partial charge in [0, 0.05) is 55.5 Å². The fourth-order valence-electron chi connectivity index (χ4n) is 4.23. The Morgan fingerprint density at radius 2 is 1.77 bits per heavy atom. The highest BCUT2D eigenvalue weighted by Crippen LogP contribution is 2.29. The van der Waals surface area contributed by atoms with E-state index in [1.165, 1.54) is 5.56 Å². The van der Waals surface area contributed by atoms with Crippen molar-refractivity contribution in [3.05, 3.63) is 53.1 Å². The van der Waals surface area contributed by atoms with Crippen molar-refractivity contribution in [3.8, 4) is 5.75 Å². The Kier molecular flexibility index (Phi) is 5.86. The molecule has 2 aromatic carbocycles. The number of rotatable bonds is 4. The molecular formula is C23H26ClN3O3. The SMILES string of the molecule is COc1ccc(N2CC(C(=O)N3CCN(c4cc(Cl)ccc4C)CC3)CC2=O)cc1. The van der Waals surface area contributed by atoms with E-state index in [1.807, 2.05) is 47.4 Å². The maximum atomic E-state index is 13.1. The van der Waals surface area contributed by atoms with Crippen molar-refractivity contribution in [2.45, 2.75) is 13.3 Å². The molecule has 0 radical (unpaired) electrons. The first-order valence-electron chi connectivity index (χ1n) is 10.2. The highest BCUT2D eigenvalue weighted by atomic mass is 35.5. The zero-order valence-corrected chi connectivity index (χ0v) is 18.1. The summed E-state index contributed by atoms with van der Waals surface area (Å²) in [6.07, 6.45) is 0.262. The van der Waals surface area contributed by atoms with Gasteiger partial charge >= 0.3 is 0 Å². The number of aryl methyl sites for hydroxylation is 1. The first-order valence-corrected chi connectivity index (χ1v) is 10.6. The average Bonchev–Trinajstić information content (AvgIpc) is 3.16. The second-order valence-corrected chi connectivity index (χ2v) is 8.28. The molecule has 2 saturated heterocycles. The van der Waals surface area contributed by atoms with Gasteiger partial charge in [-0.3, -0.25) is 9.59 Å². The molecule has 1 atom stereocenters. The maximum absolute atomic E-state index is 13.1. The molecule has 0 bridgehead atoms. The van der Waals surface area contributed by atoms with Gasteiger partial charge in [-0.05, 0) is 48.9 Å². The second-order valence-electron chi connectivity index (χ2n) is 7.85. The van der Waals surface area contributed by atoms with E-state index < -0.39 is 0 Å². The maximum Gasteiger partial charge on any atom is 0.228 e. The smallest absolute Gasteiger partial charge is 0.228 e. The third kappa shape index (κ3) is 4.10. The molecule has 0 aromatic heterocycles. The van der Waals surface area contributed by atoms with Crippen LogP contribution in [0.3, 0.4) is 0 Å². The predicted molar refractivity (Wildman–Crippen MR) is 118 cm³/mol. The van der Waals surface area contributed by atoms with Gasteiger partial charge in [0.25, 0.3) is 0 Å². The van der Waals surface area contributed by atoms with Crippen LogP contribution in [-0.4, -0.2) is 56.5 Å². The minimum atomic E-state index is -0.293. The molecule has 158 valence electrons. The van der Waals surface area contributed by atoms with Crippen LogP contribution in [0.4, 0.5) is 11.4 Å². The molecule has 0 spiro atoms. The number of hydrogen-bond donors (Lipinski definition) is 0. The van der Waals surface area contributed by atoms with E-state index >= 15 is 0 Å². The van der Waals surface area contributed by atoms with Crippen molar-refractivity contribution in [2.75, 3.05) is 49.6 Å². The molecule has 0 N–H and O–H groups in total. The first-order chi connectivity index (χ1) is 14.5.